The van der Waals surface area contributed by atoms with Crippen molar-refractivity contribution in [2.24, 2.45) is 0 Å². The predicted molar refractivity (Wildman–Crippen MR) is 142 cm³/mol. The topological polar surface area (TPSA) is 83.8 Å². The largest absolute Gasteiger partial charge is 0.321 e. The number of hydrogen-bond acceptors (Lipinski definition) is 4. The summed E-state index contributed by atoms with van der Waals surface area (Å²) >= 11 is 0. The number of nitrogens with zero attached hydrogens (tertiary/aromatic N) is 3. The zero-order chi connectivity index (χ0) is 25.1. The third-order valence-electron chi connectivity index (χ3n) is 5.83. The number of pyridine rings is 1. The summed E-state index contributed by atoms with van der Waals surface area (Å²) in [5.74, 6) is -0.424. The molecule has 0 atom stereocenters. The molecular weight excluding hydrogens is 472 g/mol. The molecule has 1 amide bonds. The Kier molecular flexibility index (Phi) is 6.26. The summed E-state index contributed by atoms with van der Waals surface area (Å²) in [5, 5.41) is 2.78. The standard InChI is InChI=1S/C28H24N4O3S/c1-2-32(23-13-7-4-8-14-23)36(34,35)26-16-10-9-15-24(26)30-28(33)22-17-18-31-20-25(29-27(31)19-22)21-11-5-3-6-12-21/h3-20H,2H2,1H3,(H,30,33). The average Bonchev–Trinajstić information content (AvgIpc) is 3.34. The van der Waals surface area contributed by atoms with E-state index in [4.69, 9.17) is 0 Å². The van der Waals surface area contributed by atoms with Crippen molar-refractivity contribution in [3.63, 3.8) is 0 Å². The van der Waals surface area contributed by atoms with E-state index < -0.39 is 15.9 Å². The van der Waals surface area contributed by atoms with Gasteiger partial charge in [0.1, 0.15) is 10.5 Å². The van der Waals surface area contributed by atoms with Crippen LogP contribution in [0.2, 0.25) is 0 Å². The molecule has 0 aliphatic heterocycles. The van der Waals surface area contributed by atoms with Gasteiger partial charge in [-0.25, -0.2) is 13.4 Å². The molecule has 5 aromatic rings. The Morgan fingerprint density at radius 2 is 1.58 bits per heavy atom. The molecule has 180 valence electrons. The van der Waals surface area contributed by atoms with Crippen LogP contribution in [0.5, 0.6) is 0 Å². The van der Waals surface area contributed by atoms with E-state index in [1.54, 1.807) is 67.7 Å². The van der Waals surface area contributed by atoms with Gasteiger partial charge in [-0.3, -0.25) is 9.10 Å². The van der Waals surface area contributed by atoms with Crippen molar-refractivity contribution in [2.75, 3.05) is 16.2 Å². The lowest BCUT2D eigenvalue weighted by Crippen LogP contribution is -2.31. The number of rotatable bonds is 7. The van der Waals surface area contributed by atoms with Crippen molar-refractivity contribution in [3.05, 3.63) is 115 Å². The number of fused-ring (bicyclic) bond motifs is 1. The molecule has 3 aromatic carbocycles. The molecule has 0 radical (unpaired) electrons. The van der Waals surface area contributed by atoms with E-state index in [-0.39, 0.29) is 17.1 Å². The molecule has 7 nitrogen and oxygen atoms in total. The Morgan fingerprint density at radius 1 is 0.917 bits per heavy atom. The summed E-state index contributed by atoms with van der Waals surface area (Å²) < 4.78 is 30.3. The van der Waals surface area contributed by atoms with Crippen LogP contribution in [0.4, 0.5) is 11.4 Å². The average molecular weight is 497 g/mol. The van der Waals surface area contributed by atoms with Crippen LogP contribution in [0.25, 0.3) is 16.9 Å². The molecule has 0 saturated carbocycles. The number of aromatic nitrogens is 2. The van der Waals surface area contributed by atoms with E-state index in [0.29, 0.717) is 16.9 Å². The minimum atomic E-state index is -3.92. The van der Waals surface area contributed by atoms with Crippen LogP contribution in [0.1, 0.15) is 17.3 Å². The smallest absolute Gasteiger partial charge is 0.266 e. The Balaban J connectivity index is 1.45. The zero-order valence-corrected chi connectivity index (χ0v) is 20.4. The first-order chi connectivity index (χ1) is 17.5. The number of amides is 1. The Labute approximate surface area is 209 Å². The van der Waals surface area contributed by atoms with E-state index in [2.05, 4.69) is 10.3 Å². The van der Waals surface area contributed by atoms with Gasteiger partial charge in [-0.15, -0.1) is 0 Å². The van der Waals surface area contributed by atoms with Crippen molar-refractivity contribution >= 4 is 33.0 Å². The molecule has 2 aromatic heterocycles. The quantitative estimate of drug-likeness (QED) is 0.324. The maximum absolute atomic E-state index is 13.6. The van der Waals surface area contributed by atoms with Crippen LogP contribution >= 0.6 is 0 Å². The number of para-hydroxylation sites is 2. The molecule has 2 heterocycles. The number of hydrogen-bond donors (Lipinski definition) is 1. The first-order valence-corrected chi connectivity index (χ1v) is 12.9. The fourth-order valence-corrected chi connectivity index (χ4v) is 5.69. The monoisotopic (exact) mass is 496 g/mol. The van der Waals surface area contributed by atoms with Crippen LogP contribution in [0.3, 0.4) is 0 Å². The molecule has 0 aliphatic rings. The lowest BCUT2D eigenvalue weighted by Gasteiger charge is -2.24. The highest BCUT2D eigenvalue weighted by atomic mass is 32.2. The molecule has 0 aliphatic carbocycles. The van der Waals surface area contributed by atoms with E-state index in [1.165, 1.54) is 10.4 Å². The highest BCUT2D eigenvalue weighted by molar-refractivity contribution is 7.93. The number of nitrogens with one attached hydrogen (secondary N) is 1. The van der Waals surface area contributed by atoms with E-state index in [0.717, 1.165) is 11.3 Å². The molecule has 0 unspecified atom stereocenters. The van der Waals surface area contributed by atoms with Crippen LogP contribution < -0.4 is 9.62 Å². The van der Waals surface area contributed by atoms with Crippen LogP contribution in [0, 0.1) is 0 Å². The zero-order valence-electron chi connectivity index (χ0n) is 19.6. The minimum absolute atomic E-state index is 0.0253. The third-order valence-corrected chi connectivity index (χ3v) is 7.79. The molecule has 5 rings (SSSR count). The van der Waals surface area contributed by atoms with Gasteiger partial charge in [-0.2, -0.15) is 0 Å². The summed E-state index contributed by atoms with van der Waals surface area (Å²) in [7, 11) is -3.92. The summed E-state index contributed by atoms with van der Waals surface area (Å²) in [6.45, 7) is 2.02. The normalized spacial score (nSPS) is 11.4. The van der Waals surface area contributed by atoms with Gasteiger partial charge < -0.3 is 9.72 Å². The molecule has 1 N–H and O–H groups in total. The lowest BCUT2D eigenvalue weighted by molar-refractivity contribution is 0.102. The number of sulfonamides is 1. The van der Waals surface area contributed by atoms with E-state index in [1.807, 2.05) is 47.0 Å². The number of imidazole rings is 1. The predicted octanol–water partition coefficient (Wildman–Crippen LogP) is 5.47. The van der Waals surface area contributed by atoms with Gasteiger partial charge in [0, 0.05) is 30.1 Å². The fourth-order valence-electron chi connectivity index (χ4n) is 4.06. The fraction of sp³-hybridized carbons (Fsp3) is 0.0714. The minimum Gasteiger partial charge on any atom is -0.321 e. The van der Waals surface area contributed by atoms with Gasteiger partial charge >= 0.3 is 0 Å². The summed E-state index contributed by atoms with van der Waals surface area (Å²) in [5.41, 5.74) is 3.53. The van der Waals surface area contributed by atoms with Crippen molar-refractivity contribution in [3.8, 4) is 11.3 Å². The molecule has 8 heteroatoms. The van der Waals surface area contributed by atoms with E-state index >= 15 is 0 Å². The highest BCUT2D eigenvalue weighted by Crippen LogP contribution is 2.29. The van der Waals surface area contributed by atoms with Gasteiger partial charge in [0.05, 0.1) is 17.1 Å². The Morgan fingerprint density at radius 3 is 2.31 bits per heavy atom. The number of carbonyl (C=O) groups excluding carboxylic acids is 1. The Bertz CT molecular complexity index is 1630. The lowest BCUT2D eigenvalue weighted by atomic mass is 10.2. The van der Waals surface area contributed by atoms with Crippen molar-refractivity contribution in [2.45, 2.75) is 11.8 Å². The van der Waals surface area contributed by atoms with Crippen molar-refractivity contribution < 1.29 is 13.2 Å². The van der Waals surface area contributed by atoms with Crippen molar-refractivity contribution in [1.82, 2.24) is 9.38 Å². The number of benzene rings is 3. The van der Waals surface area contributed by atoms with Gasteiger partial charge in [0.15, 0.2) is 0 Å². The molecule has 0 saturated heterocycles. The SMILES string of the molecule is CCN(c1ccccc1)S(=O)(=O)c1ccccc1NC(=O)c1ccn2cc(-c3ccccc3)nc2c1. The molecule has 0 spiro atoms. The van der Waals surface area contributed by atoms with Gasteiger partial charge in [0.25, 0.3) is 15.9 Å². The Hall–Kier alpha value is -4.43. The summed E-state index contributed by atoms with van der Waals surface area (Å²) in [6.07, 6.45) is 3.66. The first kappa shape index (κ1) is 23.3. The van der Waals surface area contributed by atoms with Crippen LogP contribution in [0.15, 0.2) is 114 Å². The maximum atomic E-state index is 13.6. The number of anilines is 2. The molecule has 36 heavy (non-hydrogen) atoms. The second kappa shape index (κ2) is 9.67. The van der Waals surface area contributed by atoms with Crippen molar-refractivity contribution in [1.29, 1.82) is 0 Å². The van der Waals surface area contributed by atoms with Crippen LogP contribution in [-0.2, 0) is 10.0 Å². The van der Waals surface area contributed by atoms with E-state index in [9.17, 15) is 13.2 Å². The van der Waals surface area contributed by atoms with Crippen LogP contribution in [-0.4, -0.2) is 30.3 Å². The molecule has 0 fully saturated rings. The first-order valence-electron chi connectivity index (χ1n) is 11.5. The third kappa shape index (κ3) is 4.46. The highest BCUT2D eigenvalue weighted by Gasteiger charge is 2.27. The second-order valence-corrected chi connectivity index (χ2v) is 9.96. The van der Waals surface area contributed by atoms with Gasteiger partial charge in [0.2, 0.25) is 0 Å². The van der Waals surface area contributed by atoms with Gasteiger partial charge in [-0.1, -0.05) is 60.7 Å². The maximum Gasteiger partial charge on any atom is 0.266 e. The molecular formula is C28H24N4O3S. The molecule has 0 bridgehead atoms. The summed E-state index contributed by atoms with van der Waals surface area (Å²) in [4.78, 5) is 17.8. The second-order valence-electron chi connectivity index (χ2n) is 8.13. The summed E-state index contributed by atoms with van der Waals surface area (Å²) in [6, 6.07) is 28.5. The number of carbonyl (C=O) groups is 1. The van der Waals surface area contributed by atoms with Gasteiger partial charge in [-0.05, 0) is 43.3 Å².